The molecule has 6 nitrogen and oxygen atoms in total. The minimum absolute atomic E-state index is 0.00698. The lowest BCUT2D eigenvalue weighted by molar-refractivity contribution is -0.121. The zero-order chi connectivity index (χ0) is 19.2. The Labute approximate surface area is 160 Å². The van der Waals surface area contributed by atoms with Crippen LogP contribution in [0, 0.1) is 12.8 Å². The Bertz CT molecular complexity index is 846. The van der Waals surface area contributed by atoms with Crippen molar-refractivity contribution >= 4 is 16.9 Å². The van der Waals surface area contributed by atoms with Crippen LogP contribution in [0.25, 0.3) is 11.0 Å². The van der Waals surface area contributed by atoms with Crippen molar-refractivity contribution in [1.82, 2.24) is 19.8 Å². The van der Waals surface area contributed by atoms with Crippen LogP contribution in [-0.2, 0) is 11.3 Å². The second kappa shape index (κ2) is 9.13. The van der Waals surface area contributed by atoms with Gasteiger partial charge in [-0.25, -0.2) is 4.98 Å². The number of nitrogens with zero attached hydrogens (tertiary/aromatic N) is 3. The second-order valence-electron chi connectivity index (χ2n) is 7.64. The van der Waals surface area contributed by atoms with Gasteiger partial charge in [-0.1, -0.05) is 19.1 Å². The molecule has 3 rings (SSSR count). The van der Waals surface area contributed by atoms with Gasteiger partial charge in [-0.3, -0.25) is 9.59 Å². The molecule has 1 aliphatic rings. The standard InChI is InChI=1S/C21H30N4O2/c1-16-7-5-12-24(15-16)13-6-11-22-20(26)10-14-25-19-9-4-3-8-18(19)23-17(2)21(25)27/h3-4,8-9,16H,5-7,10-15H2,1-2H3,(H,22,26)/t16-/m0/s1. The lowest BCUT2D eigenvalue weighted by Gasteiger charge is -2.30. The van der Waals surface area contributed by atoms with Crippen LogP contribution >= 0.6 is 0 Å². The molecule has 1 aliphatic heterocycles. The lowest BCUT2D eigenvalue weighted by atomic mass is 10.0. The van der Waals surface area contributed by atoms with Crippen LogP contribution in [0.2, 0.25) is 0 Å². The number of carbonyl (C=O) groups is 1. The van der Waals surface area contributed by atoms with E-state index in [0.717, 1.165) is 29.9 Å². The van der Waals surface area contributed by atoms with Crippen LogP contribution in [0.15, 0.2) is 29.1 Å². The van der Waals surface area contributed by atoms with E-state index in [1.807, 2.05) is 24.3 Å². The fourth-order valence-electron chi connectivity index (χ4n) is 3.86. The molecule has 0 saturated carbocycles. The monoisotopic (exact) mass is 370 g/mol. The summed E-state index contributed by atoms with van der Waals surface area (Å²) < 4.78 is 1.66. The van der Waals surface area contributed by atoms with Gasteiger partial charge < -0.3 is 14.8 Å². The van der Waals surface area contributed by atoms with Crippen LogP contribution in [0.1, 0.15) is 38.3 Å². The predicted molar refractivity (Wildman–Crippen MR) is 108 cm³/mol. The van der Waals surface area contributed by atoms with E-state index in [1.54, 1.807) is 11.5 Å². The minimum atomic E-state index is -0.124. The van der Waals surface area contributed by atoms with Crippen molar-refractivity contribution in [2.24, 2.45) is 5.92 Å². The summed E-state index contributed by atoms with van der Waals surface area (Å²) >= 11 is 0. The number of aromatic nitrogens is 2. The number of hydrogen-bond donors (Lipinski definition) is 1. The summed E-state index contributed by atoms with van der Waals surface area (Å²) in [4.78, 5) is 31.4. The molecule has 1 fully saturated rings. The van der Waals surface area contributed by atoms with Crippen LogP contribution in [0.3, 0.4) is 0 Å². The fraction of sp³-hybridized carbons (Fsp3) is 0.571. The summed E-state index contributed by atoms with van der Waals surface area (Å²) in [6, 6.07) is 7.55. The Morgan fingerprint density at radius 3 is 2.93 bits per heavy atom. The number of fused-ring (bicyclic) bond motifs is 1. The Morgan fingerprint density at radius 2 is 2.11 bits per heavy atom. The normalized spacial score (nSPS) is 17.9. The van der Waals surface area contributed by atoms with E-state index in [1.165, 1.54) is 25.9 Å². The number of aryl methyl sites for hydroxylation is 2. The molecule has 146 valence electrons. The summed E-state index contributed by atoms with van der Waals surface area (Å²) in [5.74, 6) is 0.776. The number of hydrogen-bond acceptors (Lipinski definition) is 4. The van der Waals surface area contributed by atoms with Gasteiger partial charge in [0.05, 0.1) is 11.0 Å². The van der Waals surface area contributed by atoms with Crippen molar-refractivity contribution < 1.29 is 4.79 Å². The largest absolute Gasteiger partial charge is 0.356 e. The number of para-hydroxylation sites is 2. The fourth-order valence-corrected chi connectivity index (χ4v) is 3.86. The molecule has 0 bridgehead atoms. The van der Waals surface area contributed by atoms with Crippen LogP contribution < -0.4 is 10.9 Å². The van der Waals surface area contributed by atoms with E-state index in [4.69, 9.17) is 0 Å². The zero-order valence-corrected chi connectivity index (χ0v) is 16.4. The van der Waals surface area contributed by atoms with Gasteiger partial charge in [0.2, 0.25) is 5.91 Å². The molecule has 2 heterocycles. The smallest absolute Gasteiger partial charge is 0.272 e. The van der Waals surface area contributed by atoms with E-state index in [9.17, 15) is 9.59 Å². The summed E-state index contributed by atoms with van der Waals surface area (Å²) in [6.07, 6.45) is 3.88. The van der Waals surface area contributed by atoms with Crippen molar-refractivity contribution in [3.8, 4) is 0 Å². The summed E-state index contributed by atoms with van der Waals surface area (Å²) in [5.41, 5.74) is 1.90. The summed E-state index contributed by atoms with van der Waals surface area (Å²) in [6.45, 7) is 8.47. The Kier molecular flexibility index (Phi) is 6.61. The minimum Gasteiger partial charge on any atom is -0.356 e. The molecule has 1 N–H and O–H groups in total. The molecule has 0 aliphatic carbocycles. The maximum absolute atomic E-state index is 12.4. The highest BCUT2D eigenvalue weighted by Crippen LogP contribution is 2.15. The molecule has 1 saturated heterocycles. The molecule has 1 aromatic heterocycles. The maximum Gasteiger partial charge on any atom is 0.272 e. The number of piperidine rings is 1. The number of likely N-dealkylation sites (tertiary alicyclic amines) is 1. The third-order valence-electron chi connectivity index (χ3n) is 5.29. The topological polar surface area (TPSA) is 67.2 Å². The second-order valence-corrected chi connectivity index (χ2v) is 7.64. The van der Waals surface area contributed by atoms with Gasteiger partial charge in [0.1, 0.15) is 5.69 Å². The first-order valence-electron chi connectivity index (χ1n) is 10.00. The van der Waals surface area contributed by atoms with E-state index in [2.05, 4.69) is 22.1 Å². The summed E-state index contributed by atoms with van der Waals surface area (Å²) in [5, 5.41) is 2.99. The quantitative estimate of drug-likeness (QED) is 0.760. The molecule has 1 atom stereocenters. The van der Waals surface area contributed by atoms with E-state index in [-0.39, 0.29) is 11.5 Å². The zero-order valence-electron chi connectivity index (χ0n) is 16.4. The lowest BCUT2D eigenvalue weighted by Crippen LogP contribution is -2.36. The average molecular weight is 370 g/mol. The molecule has 0 radical (unpaired) electrons. The molecule has 1 aromatic carbocycles. The highest BCUT2D eigenvalue weighted by Gasteiger charge is 2.15. The molecule has 0 unspecified atom stereocenters. The van der Waals surface area contributed by atoms with Gasteiger partial charge in [0.15, 0.2) is 0 Å². The van der Waals surface area contributed by atoms with E-state index in [0.29, 0.717) is 25.2 Å². The first-order chi connectivity index (χ1) is 13.0. The highest BCUT2D eigenvalue weighted by atomic mass is 16.1. The first kappa shape index (κ1) is 19.5. The van der Waals surface area contributed by atoms with Gasteiger partial charge in [0.25, 0.3) is 5.56 Å². The predicted octanol–water partition coefficient (Wildman–Crippen LogP) is 2.33. The van der Waals surface area contributed by atoms with Crippen LogP contribution in [0.4, 0.5) is 0 Å². The number of amides is 1. The Hall–Kier alpha value is -2.21. The van der Waals surface area contributed by atoms with Gasteiger partial charge in [-0.2, -0.15) is 0 Å². The van der Waals surface area contributed by atoms with E-state index >= 15 is 0 Å². The number of nitrogens with one attached hydrogen (secondary N) is 1. The highest BCUT2D eigenvalue weighted by molar-refractivity contribution is 5.77. The van der Waals surface area contributed by atoms with Gasteiger partial charge >= 0.3 is 0 Å². The summed E-state index contributed by atoms with van der Waals surface area (Å²) in [7, 11) is 0. The number of rotatable bonds is 7. The van der Waals surface area contributed by atoms with Gasteiger partial charge in [-0.15, -0.1) is 0 Å². The molecule has 6 heteroatoms. The average Bonchev–Trinajstić information content (AvgIpc) is 2.66. The van der Waals surface area contributed by atoms with Gasteiger partial charge in [-0.05, 0) is 57.3 Å². The van der Waals surface area contributed by atoms with Crippen molar-refractivity contribution in [2.75, 3.05) is 26.2 Å². The maximum atomic E-state index is 12.4. The molecule has 0 spiro atoms. The van der Waals surface area contributed by atoms with Crippen LogP contribution in [0.5, 0.6) is 0 Å². The number of carbonyl (C=O) groups excluding carboxylic acids is 1. The molecule has 2 aromatic rings. The third kappa shape index (κ3) is 5.16. The van der Waals surface area contributed by atoms with Crippen molar-refractivity contribution in [2.45, 2.75) is 46.1 Å². The Balaban J connectivity index is 1.47. The van der Waals surface area contributed by atoms with E-state index < -0.39 is 0 Å². The molecule has 27 heavy (non-hydrogen) atoms. The molecule has 1 amide bonds. The number of benzene rings is 1. The first-order valence-corrected chi connectivity index (χ1v) is 10.00. The molecular formula is C21H30N4O2. The third-order valence-corrected chi connectivity index (χ3v) is 5.29. The van der Waals surface area contributed by atoms with Crippen LogP contribution in [-0.4, -0.2) is 46.5 Å². The van der Waals surface area contributed by atoms with Crippen molar-refractivity contribution in [3.05, 3.63) is 40.3 Å². The molecular weight excluding hydrogens is 340 g/mol. The van der Waals surface area contributed by atoms with Gasteiger partial charge in [0, 0.05) is 26.1 Å². The van der Waals surface area contributed by atoms with Crippen molar-refractivity contribution in [3.63, 3.8) is 0 Å². The Morgan fingerprint density at radius 1 is 1.30 bits per heavy atom. The SMILES string of the molecule is Cc1nc2ccccc2n(CCC(=O)NCCCN2CCC[C@H](C)C2)c1=O. The van der Waals surface area contributed by atoms with Crippen molar-refractivity contribution in [1.29, 1.82) is 0 Å².